The number of fused-ring (bicyclic) bond motifs is 3. The molecule has 0 spiro atoms. The number of hydrogen-bond acceptors (Lipinski definition) is 6. The van der Waals surface area contributed by atoms with Gasteiger partial charge in [-0.1, -0.05) is 0 Å². The summed E-state index contributed by atoms with van der Waals surface area (Å²) in [5.74, 6) is 0.904. The largest absolute Gasteiger partial charge is 0.356 e. The minimum absolute atomic E-state index is 0.0355. The van der Waals surface area contributed by atoms with Gasteiger partial charge in [-0.15, -0.1) is 0 Å². The van der Waals surface area contributed by atoms with Gasteiger partial charge in [0, 0.05) is 37.6 Å². The van der Waals surface area contributed by atoms with Crippen molar-refractivity contribution in [3.05, 3.63) is 24.8 Å². The lowest BCUT2D eigenvalue weighted by Crippen LogP contribution is -2.41. The minimum Gasteiger partial charge on any atom is -0.356 e. The number of carbonyl (C=O) groups excluding carboxylic acids is 1. The fourth-order valence-electron chi connectivity index (χ4n) is 3.61. The lowest BCUT2D eigenvalue weighted by atomic mass is 9.95. The van der Waals surface area contributed by atoms with Crippen molar-refractivity contribution >= 4 is 33.7 Å². The van der Waals surface area contributed by atoms with Crippen LogP contribution >= 0.6 is 0 Å². The van der Waals surface area contributed by atoms with E-state index < -0.39 is 0 Å². The summed E-state index contributed by atoms with van der Waals surface area (Å²) in [6.07, 6.45) is 6.69. The van der Waals surface area contributed by atoms with E-state index in [2.05, 4.69) is 24.8 Å². The quantitative estimate of drug-likeness (QED) is 0.722. The van der Waals surface area contributed by atoms with E-state index >= 15 is 0 Å². The third-order valence-electron chi connectivity index (χ3n) is 4.99. The molecule has 1 amide bonds. The second-order valence-electron chi connectivity index (χ2n) is 6.57. The van der Waals surface area contributed by atoms with Crippen LogP contribution in [0.25, 0.3) is 21.9 Å². The molecule has 4 heterocycles. The molecular formula is C18H19N7O. The zero-order valence-electron chi connectivity index (χ0n) is 14.5. The summed E-state index contributed by atoms with van der Waals surface area (Å²) in [4.78, 5) is 32.5. The van der Waals surface area contributed by atoms with Crippen molar-refractivity contribution in [2.24, 2.45) is 5.92 Å². The lowest BCUT2D eigenvalue weighted by molar-refractivity contribution is -0.134. The van der Waals surface area contributed by atoms with E-state index in [0.717, 1.165) is 53.7 Å². The molecule has 4 rings (SSSR count). The number of nitrogens with one attached hydrogen (secondary N) is 1. The van der Waals surface area contributed by atoms with Crippen molar-refractivity contribution in [2.45, 2.75) is 12.8 Å². The third kappa shape index (κ3) is 2.71. The second kappa shape index (κ2) is 6.59. The highest BCUT2D eigenvalue weighted by Crippen LogP contribution is 2.31. The number of rotatable bonds is 3. The summed E-state index contributed by atoms with van der Waals surface area (Å²) >= 11 is 0. The van der Waals surface area contributed by atoms with Gasteiger partial charge in [-0.2, -0.15) is 5.26 Å². The molecule has 0 aliphatic carbocycles. The van der Waals surface area contributed by atoms with Gasteiger partial charge >= 0.3 is 0 Å². The number of pyridine rings is 1. The van der Waals surface area contributed by atoms with Crippen LogP contribution < -0.4 is 4.90 Å². The maximum absolute atomic E-state index is 12.4. The maximum Gasteiger partial charge on any atom is 0.226 e. The molecule has 1 N–H and O–H groups in total. The van der Waals surface area contributed by atoms with Crippen molar-refractivity contribution in [1.82, 2.24) is 24.8 Å². The van der Waals surface area contributed by atoms with E-state index in [1.807, 2.05) is 18.3 Å². The van der Waals surface area contributed by atoms with E-state index in [1.54, 1.807) is 19.6 Å². The summed E-state index contributed by atoms with van der Waals surface area (Å²) < 4.78 is 0. The van der Waals surface area contributed by atoms with Crippen molar-refractivity contribution in [3.8, 4) is 6.07 Å². The van der Waals surface area contributed by atoms with Crippen molar-refractivity contribution < 1.29 is 4.79 Å². The topological polar surface area (TPSA) is 102 Å². The average molecular weight is 349 g/mol. The number of H-pyrrole nitrogens is 1. The first-order valence-electron chi connectivity index (χ1n) is 8.62. The number of nitriles is 1. The number of aromatic amines is 1. The SMILES string of the molecule is CN(CC#N)C(=O)C1CCN(c2ncnc3cnc4[nH]ccc4c23)CC1. The van der Waals surface area contributed by atoms with Gasteiger partial charge in [-0.25, -0.2) is 15.0 Å². The van der Waals surface area contributed by atoms with Gasteiger partial charge in [-0.3, -0.25) is 4.79 Å². The second-order valence-corrected chi connectivity index (χ2v) is 6.57. The molecule has 0 atom stereocenters. The maximum atomic E-state index is 12.4. The molecule has 8 nitrogen and oxygen atoms in total. The third-order valence-corrected chi connectivity index (χ3v) is 4.99. The zero-order valence-corrected chi connectivity index (χ0v) is 14.5. The number of nitrogens with zero attached hydrogens (tertiary/aromatic N) is 6. The Morgan fingerprint density at radius 3 is 2.96 bits per heavy atom. The van der Waals surface area contributed by atoms with Crippen LogP contribution in [0.2, 0.25) is 0 Å². The number of hydrogen-bond donors (Lipinski definition) is 1. The van der Waals surface area contributed by atoms with Gasteiger partial charge in [0.15, 0.2) is 0 Å². The van der Waals surface area contributed by atoms with Gasteiger partial charge in [-0.05, 0) is 18.9 Å². The van der Waals surface area contributed by atoms with Crippen LogP contribution in [-0.4, -0.2) is 57.4 Å². The van der Waals surface area contributed by atoms with Gasteiger partial charge < -0.3 is 14.8 Å². The molecule has 3 aromatic heterocycles. The summed E-state index contributed by atoms with van der Waals surface area (Å²) in [6.45, 7) is 1.63. The van der Waals surface area contributed by atoms with Gasteiger partial charge in [0.2, 0.25) is 5.91 Å². The molecule has 1 aliphatic heterocycles. The first kappa shape index (κ1) is 16.3. The Labute approximate surface area is 150 Å². The Hall–Kier alpha value is -3.21. The van der Waals surface area contributed by atoms with Crippen LogP contribution in [0.3, 0.4) is 0 Å². The molecule has 0 radical (unpaired) electrons. The number of piperidine rings is 1. The summed E-state index contributed by atoms with van der Waals surface area (Å²) in [5, 5.41) is 10.8. The van der Waals surface area contributed by atoms with Crippen LogP contribution in [0.15, 0.2) is 24.8 Å². The summed E-state index contributed by atoms with van der Waals surface area (Å²) in [5.41, 5.74) is 1.63. The van der Waals surface area contributed by atoms with Gasteiger partial charge in [0.05, 0.1) is 23.2 Å². The van der Waals surface area contributed by atoms with Crippen LogP contribution in [-0.2, 0) is 4.79 Å². The molecule has 8 heteroatoms. The van der Waals surface area contributed by atoms with Crippen LogP contribution in [0, 0.1) is 17.2 Å². The molecule has 0 bridgehead atoms. The van der Waals surface area contributed by atoms with Gasteiger partial charge in [0.25, 0.3) is 0 Å². The Morgan fingerprint density at radius 1 is 1.38 bits per heavy atom. The Kier molecular flexibility index (Phi) is 4.13. The molecule has 3 aromatic rings. The van der Waals surface area contributed by atoms with E-state index in [9.17, 15) is 4.79 Å². The number of anilines is 1. The molecule has 1 saturated heterocycles. The van der Waals surface area contributed by atoms with E-state index in [4.69, 9.17) is 5.26 Å². The summed E-state index contributed by atoms with van der Waals surface area (Å²) in [6, 6.07) is 4.02. The van der Waals surface area contributed by atoms with Crippen molar-refractivity contribution in [1.29, 1.82) is 5.26 Å². The predicted molar refractivity (Wildman–Crippen MR) is 97.4 cm³/mol. The molecule has 132 valence electrons. The van der Waals surface area contributed by atoms with Gasteiger partial charge in [0.1, 0.15) is 24.3 Å². The molecule has 1 fully saturated rings. The van der Waals surface area contributed by atoms with Crippen LogP contribution in [0.1, 0.15) is 12.8 Å². The normalized spacial score (nSPS) is 15.3. The molecule has 0 aromatic carbocycles. The van der Waals surface area contributed by atoms with Crippen LogP contribution in [0.4, 0.5) is 5.82 Å². The Morgan fingerprint density at radius 2 is 2.19 bits per heavy atom. The van der Waals surface area contributed by atoms with E-state index in [-0.39, 0.29) is 18.4 Å². The highest BCUT2D eigenvalue weighted by Gasteiger charge is 2.28. The molecule has 0 saturated carbocycles. The fourth-order valence-corrected chi connectivity index (χ4v) is 3.61. The van der Waals surface area contributed by atoms with Crippen molar-refractivity contribution in [2.75, 3.05) is 31.6 Å². The molecule has 1 aliphatic rings. The lowest BCUT2D eigenvalue weighted by Gasteiger charge is -2.33. The molecular weight excluding hydrogens is 330 g/mol. The first-order valence-corrected chi connectivity index (χ1v) is 8.62. The minimum atomic E-state index is -0.0355. The predicted octanol–water partition coefficient (Wildman–Crippen LogP) is 1.70. The Bertz CT molecular complexity index is 998. The molecule has 0 unspecified atom stereocenters. The first-order chi connectivity index (χ1) is 12.7. The Balaban J connectivity index is 1.60. The number of aromatic nitrogens is 4. The fraction of sp³-hybridized carbons (Fsp3) is 0.389. The highest BCUT2D eigenvalue weighted by atomic mass is 16.2. The monoisotopic (exact) mass is 349 g/mol. The molecule has 26 heavy (non-hydrogen) atoms. The standard InChI is InChI=1S/C18H19N7O/c1-24(9-5-19)18(26)12-3-7-25(8-4-12)17-15-13-2-6-20-16(13)21-10-14(15)22-11-23-17/h2,6,10-12H,3-4,7-9H2,1H3,(H,20,21). The van der Waals surface area contributed by atoms with Crippen molar-refractivity contribution in [3.63, 3.8) is 0 Å². The average Bonchev–Trinajstić information content (AvgIpc) is 3.16. The highest BCUT2D eigenvalue weighted by molar-refractivity contribution is 6.08. The van der Waals surface area contributed by atoms with E-state index in [1.165, 1.54) is 4.90 Å². The zero-order chi connectivity index (χ0) is 18.1. The number of carbonyl (C=O) groups is 1. The van der Waals surface area contributed by atoms with Crippen LogP contribution in [0.5, 0.6) is 0 Å². The van der Waals surface area contributed by atoms with E-state index in [0.29, 0.717) is 0 Å². The number of amides is 1. The summed E-state index contributed by atoms with van der Waals surface area (Å²) in [7, 11) is 1.69. The smallest absolute Gasteiger partial charge is 0.226 e.